The summed E-state index contributed by atoms with van der Waals surface area (Å²) in [5.41, 5.74) is 17.2. The number of fused-ring (bicyclic) bond motifs is 18. The number of pyridine rings is 1. The van der Waals surface area contributed by atoms with E-state index in [4.69, 9.17) is 15.4 Å². The van der Waals surface area contributed by atoms with E-state index < -0.39 is 8.07 Å². The van der Waals surface area contributed by atoms with Crippen LogP contribution in [-0.4, -0.2) is 12.6 Å². The Morgan fingerprint density at radius 3 is 2.12 bits per heavy atom. The van der Waals surface area contributed by atoms with Gasteiger partial charge in [0.05, 0.1) is 14.5 Å². The standard InChI is InChI=1S/C58H55N3O2Si/c1-34(2)38-26-28-40-46(31-38)39-27-24-37-25-29-44-42-17-10-14-23-53(42)63-57(44)55(37)58-60(36(5)30-50(39)59-33-54(64(6,7)8)45(35(3)4)32-51(40)59)47-19-11-12-20-48(47)61(58)49-21-15-18-43-41-16-9-13-22-52(41)62-56(43)49/h9-23,25-26,28-29,31-35,39,50H,5,24,27,30H2,1-4,6-8H3/q+2. The molecule has 5 nitrogen and oxygen atoms in total. The van der Waals surface area contributed by atoms with Gasteiger partial charge in [0, 0.05) is 44.3 Å². The molecule has 0 saturated heterocycles. The molecule has 2 aliphatic rings. The Balaban J connectivity index is 1.19. The van der Waals surface area contributed by atoms with Gasteiger partial charge in [-0.15, -0.1) is 0 Å². The van der Waals surface area contributed by atoms with E-state index in [1.807, 2.05) is 0 Å². The molecule has 0 N–H and O–H groups in total. The number of hydrogen-bond acceptors (Lipinski definition) is 2. The third-order valence-electron chi connectivity index (χ3n) is 14.6. The van der Waals surface area contributed by atoms with Gasteiger partial charge < -0.3 is 8.83 Å². The molecule has 0 spiro atoms. The molecule has 0 bridgehead atoms. The lowest BCUT2D eigenvalue weighted by atomic mass is 9.76. The van der Waals surface area contributed by atoms with Gasteiger partial charge in [0.25, 0.3) is 0 Å². The van der Waals surface area contributed by atoms with Crippen molar-refractivity contribution in [1.82, 2.24) is 4.57 Å². The summed E-state index contributed by atoms with van der Waals surface area (Å²) in [5, 5.41) is 6.01. The maximum absolute atomic E-state index is 7.08. The zero-order valence-corrected chi connectivity index (χ0v) is 39.0. The lowest BCUT2D eigenvalue weighted by molar-refractivity contribution is -0.716. The first-order valence-corrected chi connectivity index (χ1v) is 26.8. The normalized spacial score (nSPS) is 16.5. The van der Waals surface area contributed by atoms with Crippen molar-refractivity contribution < 1.29 is 18.0 Å². The molecular formula is C58H55N3O2Si+2. The fourth-order valence-electron chi connectivity index (χ4n) is 11.4. The predicted molar refractivity (Wildman–Crippen MR) is 267 cm³/mol. The predicted octanol–water partition coefficient (Wildman–Crippen LogP) is 14.3. The van der Waals surface area contributed by atoms with Crippen LogP contribution in [0.4, 0.5) is 0 Å². The monoisotopic (exact) mass is 853 g/mol. The minimum absolute atomic E-state index is 0.145. The van der Waals surface area contributed by atoms with E-state index in [-0.39, 0.29) is 12.0 Å². The highest BCUT2D eigenvalue weighted by Gasteiger charge is 2.45. The Morgan fingerprint density at radius 2 is 1.39 bits per heavy atom. The van der Waals surface area contributed by atoms with Gasteiger partial charge in [-0.1, -0.05) is 139 Å². The molecule has 0 amide bonds. The molecule has 2 atom stereocenters. The van der Waals surface area contributed by atoms with Crippen molar-refractivity contribution in [3.05, 3.63) is 162 Å². The summed E-state index contributed by atoms with van der Waals surface area (Å²) >= 11 is 0. The van der Waals surface area contributed by atoms with Crippen LogP contribution >= 0.6 is 0 Å². The average Bonchev–Trinajstić information content (AvgIpc) is 3.97. The molecular weight excluding hydrogens is 799 g/mol. The summed E-state index contributed by atoms with van der Waals surface area (Å²) in [6, 6.07) is 47.1. The lowest BCUT2D eigenvalue weighted by Gasteiger charge is -2.34. The third kappa shape index (κ3) is 5.74. The van der Waals surface area contributed by atoms with Crippen LogP contribution in [0, 0.1) is 0 Å². The molecule has 6 heteroatoms. The number of aryl methyl sites for hydroxylation is 1. The van der Waals surface area contributed by atoms with Crippen LogP contribution in [0.2, 0.25) is 19.6 Å². The van der Waals surface area contributed by atoms with Crippen molar-refractivity contribution in [1.29, 1.82) is 0 Å². The number of nitrogens with zero attached hydrogens (tertiary/aromatic N) is 3. The van der Waals surface area contributed by atoms with Crippen LogP contribution in [0.5, 0.6) is 0 Å². The Morgan fingerprint density at radius 1 is 0.703 bits per heavy atom. The minimum atomic E-state index is -1.75. The molecule has 2 aliphatic heterocycles. The molecule has 316 valence electrons. The first-order valence-electron chi connectivity index (χ1n) is 23.3. The zero-order chi connectivity index (χ0) is 43.8. The van der Waals surface area contributed by atoms with E-state index in [0.717, 1.165) is 96.9 Å². The van der Waals surface area contributed by atoms with Crippen LogP contribution in [0.3, 0.4) is 0 Å². The van der Waals surface area contributed by atoms with Crippen LogP contribution in [0.1, 0.15) is 86.6 Å². The van der Waals surface area contributed by atoms with Gasteiger partial charge in [-0.2, -0.15) is 13.7 Å². The van der Waals surface area contributed by atoms with Gasteiger partial charge in [-0.25, -0.2) is 0 Å². The molecule has 12 rings (SSSR count). The van der Waals surface area contributed by atoms with Crippen molar-refractivity contribution in [3.63, 3.8) is 0 Å². The summed E-state index contributed by atoms with van der Waals surface area (Å²) in [7, 11) is -1.75. The number of rotatable bonds is 4. The molecule has 6 heterocycles. The maximum atomic E-state index is 7.08. The SMILES string of the molecule is C=C1CC2C(CCc3ccc4c(oc5ccccc54)c3-c3n1c1ccccc1[n+]3-c1cccc3c1oc1ccccc13)c1cc(C(C)C)ccc1-c1cc(C(C)C)c([Si](C)(C)C)c[n+]12. The Labute approximate surface area is 375 Å². The number of aromatic nitrogens is 3. The molecule has 0 radical (unpaired) electrons. The second kappa shape index (κ2) is 14.3. The number of para-hydroxylation sites is 5. The molecule has 0 aliphatic carbocycles. The molecule has 0 fully saturated rings. The summed E-state index contributed by atoms with van der Waals surface area (Å²) < 4.78 is 21.6. The summed E-state index contributed by atoms with van der Waals surface area (Å²) in [5.74, 6) is 2.14. The largest absolute Gasteiger partial charge is 0.455 e. The van der Waals surface area contributed by atoms with E-state index >= 15 is 0 Å². The first-order chi connectivity index (χ1) is 31.0. The van der Waals surface area contributed by atoms with E-state index in [2.05, 4.69) is 195 Å². The van der Waals surface area contributed by atoms with Crippen LogP contribution in [0.15, 0.2) is 149 Å². The third-order valence-corrected chi connectivity index (χ3v) is 16.6. The number of benzene rings is 6. The highest BCUT2D eigenvalue weighted by atomic mass is 28.3. The summed E-state index contributed by atoms with van der Waals surface area (Å²) in [4.78, 5) is 0. The van der Waals surface area contributed by atoms with E-state index in [1.165, 1.54) is 33.5 Å². The van der Waals surface area contributed by atoms with E-state index in [9.17, 15) is 0 Å². The molecule has 10 aromatic rings. The second-order valence-electron chi connectivity index (χ2n) is 20.1. The second-order valence-corrected chi connectivity index (χ2v) is 25.2. The van der Waals surface area contributed by atoms with Gasteiger partial charge in [-0.3, -0.25) is 0 Å². The maximum Gasteiger partial charge on any atom is 0.304 e. The molecule has 2 unspecified atom stereocenters. The zero-order valence-electron chi connectivity index (χ0n) is 38.0. The van der Waals surface area contributed by atoms with Gasteiger partial charge in [-0.05, 0) is 83.3 Å². The quantitative estimate of drug-likeness (QED) is 0.131. The van der Waals surface area contributed by atoms with Crippen LogP contribution in [0.25, 0.3) is 88.9 Å². The summed E-state index contributed by atoms with van der Waals surface area (Å²) in [6.45, 7) is 22.1. The number of imidazole rings is 1. The number of allylic oxidation sites excluding steroid dienone is 1. The smallest absolute Gasteiger partial charge is 0.304 e. The lowest BCUT2D eigenvalue weighted by Crippen LogP contribution is -2.54. The number of hydrogen-bond donors (Lipinski definition) is 0. The van der Waals surface area contributed by atoms with Gasteiger partial charge in [0.15, 0.2) is 40.1 Å². The van der Waals surface area contributed by atoms with Gasteiger partial charge in [0.2, 0.25) is 5.69 Å². The van der Waals surface area contributed by atoms with Crippen molar-refractivity contribution in [3.8, 4) is 28.3 Å². The van der Waals surface area contributed by atoms with Crippen molar-refractivity contribution in [2.45, 2.75) is 90.4 Å². The fourth-order valence-corrected chi connectivity index (χ4v) is 13.2. The van der Waals surface area contributed by atoms with Gasteiger partial charge >= 0.3 is 5.82 Å². The van der Waals surface area contributed by atoms with Crippen LogP contribution in [-0.2, 0) is 6.42 Å². The molecule has 4 aromatic heterocycles. The first kappa shape index (κ1) is 39.1. The topological polar surface area (TPSA) is 39.0 Å². The Bertz CT molecular complexity index is 3570. The average molecular weight is 854 g/mol. The van der Waals surface area contributed by atoms with Gasteiger partial charge in [0.1, 0.15) is 22.4 Å². The van der Waals surface area contributed by atoms with E-state index in [1.54, 1.807) is 5.19 Å². The van der Waals surface area contributed by atoms with Crippen LogP contribution < -0.4 is 14.3 Å². The highest BCUT2D eigenvalue weighted by Crippen LogP contribution is 2.49. The Kier molecular flexibility index (Phi) is 8.71. The highest BCUT2D eigenvalue weighted by molar-refractivity contribution is 6.89. The molecule has 0 saturated carbocycles. The minimum Gasteiger partial charge on any atom is -0.455 e. The molecule has 6 aromatic carbocycles. The van der Waals surface area contributed by atoms with Crippen molar-refractivity contribution in [2.75, 3.05) is 0 Å². The Hall–Kier alpha value is -6.50. The molecule has 64 heavy (non-hydrogen) atoms. The summed E-state index contributed by atoms with van der Waals surface area (Å²) in [6.07, 6.45) is 5.21. The fraction of sp³-hybridized carbons (Fsp3) is 0.241. The van der Waals surface area contributed by atoms with Crippen molar-refractivity contribution >= 4 is 73.9 Å². The van der Waals surface area contributed by atoms with Crippen molar-refractivity contribution in [2.24, 2.45) is 0 Å². The number of furan rings is 2. The van der Waals surface area contributed by atoms with E-state index in [0.29, 0.717) is 11.8 Å².